The number of hydrogen-bond donors (Lipinski definition) is 1. The number of aromatic nitrogens is 1. The zero-order valence-electron chi connectivity index (χ0n) is 15.8. The van der Waals surface area contributed by atoms with Gasteiger partial charge >= 0.3 is 5.69 Å². The maximum absolute atomic E-state index is 12.1. The van der Waals surface area contributed by atoms with E-state index in [1.807, 2.05) is 43.5 Å². The molecule has 0 fully saturated rings. The second kappa shape index (κ2) is 9.16. The van der Waals surface area contributed by atoms with E-state index in [4.69, 9.17) is 9.47 Å². The Morgan fingerprint density at radius 2 is 1.93 bits per heavy atom. The third kappa shape index (κ3) is 5.52. The molecule has 3 rings (SSSR count). The van der Waals surface area contributed by atoms with Gasteiger partial charge in [-0.2, -0.15) is 0 Å². The van der Waals surface area contributed by atoms with Gasteiger partial charge in [0.05, 0.1) is 16.7 Å². The zero-order chi connectivity index (χ0) is 20.8. The van der Waals surface area contributed by atoms with Crippen molar-refractivity contribution in [2.24, 2.45) is 0 Å². The van der Waals surface area contributed by atoms with E-state index in [1.165, 1.54) is 29.5 Å². The molecule has 0 radical (unpaired) electrons. The molecule has 9 heteroatoms. The van der Waals surface area contributed by atoms with E-state index < -0.39 is 10.8 Å². The molecule has 1 aromatic heterocycles. The number of rotatable bonds is 8. The minimum absolute atomic E-state index is 0.0381. The smallest absolute Gasteiger partial charge is 0.310 e. The summed E-state index contributed by atoms with van der Waals surface area (Å²) >= 11 is 1.28. The van der Waals surface area contributed by atoms with Gasteiger partial charge in [-0.1, -0.05) is 12.1 Å². The number of para-hydroxylation sites is 2. The van der Waals surface area contributed by atoms with Crippen molar-refractivity contribution in [1.82, 2.24) is 4.98 Å². The number of carbonyl (C=O) groups is 1. The largest absolute Gasteiger partial charge is 0.491 e. The van der Waals surface area contributed by atoms with Crippen molar-refractivity contribution in [2.45, 2.75) is 20.0 Å². The van der Waals surface area contributed by atoms with E-state index in [0.717, 1.165) is 17.0 Å². The summed E-state index contributed by atoms with van der Waals surface area (Å²) in [6, 6.07) is 13.4. The van der Waals surface area contributed by atoms with Crippen molar-refractivity contribution < 1.29 is 19.2 Å². The summed E-state index contributed by atoms with van der Waals surface area (Å²) in [5.41, 5.74) is 1.43. The van der Waals surface area contributed by atoms with E-state index in [-0.39, 0.29) is 24.1 Å². The molecule has 1 heterocycles. The van der Waals surface area contributed by atoms with Crippen LogP contribution in [0.2, 0.25) is 0 Å². The third-order valence-corrected chi connectivity index (χ3v) is 4.45. The number of nitro benzene ring substituents is 1. The monoisotopic (exact) mass is 413 g/mol. The predicted octanol–water partition coefficient (Wildman–Crippen LogP) is 4.52. The number of thiazole rings is 1. The number of ether oxygens (including phenoxy) is 2. The van der Waals surface area contributed by atoms with Crippen LogP contribution in [0.15, 0.2) is 53.9 Å². The third-order valence-electron chi connectivity index (χ3n) is 3.69. The Balaban J connectivity index is 1.58. The first kappa shape index (κ1) is 20.3. The van der Waals surface area contributed by atoms with Crippen LogP contribution in [-0.4, -0.2) is 28.5 Å². The molecule has 0 aliphatic carbocycles. The van der Waals surface area contributed by atoms with Crippen LogP contribution in [0.3, 0.4) is 0 Å². The van der Waals surface area contributed by atoms with Crippen molar-refractivity contribution in [3.63, 3.8) is 0 Å². The summed E-state index contributed by atoms with van der Waals surface area (Å²) in [5.74, 6) is 0.362. The average molecular weight is 413 g/mol. The van der Waals surface area contributed by atoms with Crippen molar-refractivity contribution in [1.29, 1.82) is 0 Å². The van der Waals surface area contributed by atoms with Gasteiger partial charge in [0.1, 0.15) is 5.75 Å². The fraction of sp³-hybridized carbons (Fsp3) is 0.200. The molecule has 0 saturated heterocycles. The molecular weight excluding hydrogens is 394 g/mol. The van der Waals surface area contributed by atoms with E-state index in [1.54, 1.807) is 6.07 Å². The number of nitro groups is 1. The summed E-state index contributed by atoms with van der Waals surface area (Å²) < 4.78 is 10.9. The Hall–Kier alpha value is -3.46. The highest BCUT2D eigenvalue weighted by Gasteiger charge is 2.15. The highest BCUT2D eigenvalue weighted by atomic mass is 32.1. The average Bonchev–Trinajstić information content (AvgIpc) is 3.15. The molecule has 3 aromatic rings. The molecule has 8 nitrogen and oxygen atoms in total. The van der Waals surface area contributed by atoms with Crippen LogP contribution in [0.25, 0.3) is 11.3 Å². The Bertz CT molecular complexity index is 1000. The minimum atomic E-state index is -0.558. The number of amides is 1. The van der Waals surface area contributed by atoms with E-state index >= 15 is 0 Å². The lowest BCUT2D eigenvalue weighted by atomic mass is 10.2. The van der Waals surface area contributed by atoms with Gasteiger partial charge in [-0.25, -0.2) is 4.98 Å². The van der Waals surface area contributed by atoms with Gasteiger partial charge in [0.15, 0.2) is 17.5 Å². The summed E-state index contributed by atoms with van der Waals surface area (Å²) in [5, 5.41) is 15.9. The first-order chi connectivity index (χ1) is 13.9. The minimum Gasteiger partial charge on any atom is -0.491 e. The molecular formula is C20H19N3O5S. The summed E-state index contributed by atoms with van der Waals surface area (Å²) in [6.45, 7) is 3.56. The van der Waals surface area contributed by atoms with E-state index in [2.05, 4.69) is 10.3 Å². The number of nitrogens with one attached hydrogen (secondary N) is 1. The Kier molecular flexibility index (Phi) is 6.40. The van der Waals surface area contributed by atoms with Crippen molar-refractivity contribution in [3.8, 4) is 22.8 Å². The van der Waals surface area contributed by atoms with E-state index in [0.29, 0.717) is 5.13 Å². The standard InChI is InChI=1S/C20H19N3O5S/c1-13(2)28-15-9-7-14(8-10-15)16-12-29-20(21-16)22-19(24)11-27-18-6-4-3-5-17(18)23(25)26/h3-10,12-13H,11H2,1-2H3,(H,21,22,24). The topological polar surface area (TPSA) is 104 Å². The molecule has 29 heavy (non-hydrogen) atoms. The Morgan fingerprint density at radius 3 is 2.62 bits per heavy atom. The molecule has 0 atom stereocenters. The maximum atomic E-state index is 12.1. The molecule has 1 N–H and O–H groups in total. The van der Waals surface area contributed by atoms with Crippen LogP contribution in [0, 0.1) is 10.1 Å². The second-order valence-corrected chi connectivity index (χ2v) is 7.15. The molecule has 0 bridgehead atoms. The van der Waals surface area contributed by atoms with Gasteiger partial charge in [-0.3, -0.25) is 20.2 Å². The Morgan fingerprint density at radius 1 is 1.21 bits per heavy atom. The van der Waals surface area contributed by atoms with Gasteiger partial charge in [0, 0.05) is 17.0 Å². The molecule has 0 saturated carbocycles. The number of hydrogen-bond acceptors (Lipinski definition) is 7. The lowest BCUT2D eigenvalue weighted by Crippen LogP contribution is -2.20. The first-order valence-electron chi connectivity index (χ1n) is 8.81. The van der Waals surface area contributed by atoms with Crippen LogP contribution in [0.4, 0.5) is 10.8 Å². The summed E-state index contributed by atoms with van der Waals surface area (Å²) in [7, 11) is 0. The maximum Gasteiger partial charge on any atom is 0.310 e. The van der Waals surface area contributed by atoms with E-state index in [9.17, 15) is 14.9 Å². The molecule has 0 spiro atoms. The SMILES string of the molecule is CC(C)Oc1ccc(-c2csc(NC(=O)COc3ccccc3[N+](=O)[O-])n2)cc1. The lowest BCUT2D eigenvalue weighted by Gasteiger charge is -2.09. The Labute approximate surface area is 171 Å². The van der Waals surface area contributed by atoms with Crippen LogP contribution in [0.5, 0.6) is 11.5 Å². The predicted molar refractivity (Wildman–Crippen MR) is 111 cm³/mol. The fourth-order valence-electron chi connectivity index (χ4n) is 2.47. The van der Waals surface area contributed by atoms with Crippen LogP contribution >= 0.6 is 11.3 Å². The van der Waals surface area contributed by atoms with Crippen LogP contribution in [0.1, 0.15) is 13.8 Å². The molecule has 0 aliphatic rings. The fourth-order valence-corrected chi connectivity index (χ4v) is 3.20. The molecule has 150 valence electrons. The first-order valence-corrected chi connectivity index (χ1v) is 9.69. The highest BCUT2D eigenvalue weighted by molar-refractivity contribution is 7.14. The number of nitrogens with zero attached hydrogens (tertiary/aromatic N) is 2. The quantitative estimate of drug-likeness (QED) is 0.430. The van der Waals surface area contributed by atoms with Crippen molar-refractivity contribution in [3.05, 3.63) is 64.0 Å². The zero-order valence-corrected chi connectivity index (χ0v) is 16.6. The van der Waals surface area contributed by atoms with Gasteiger partial charge in [0.2, 0.25) is 0 Å². The highest BCUT2D eigenvalue weighted by Crippen LogP contribution is 2.28. The molecule has 0 unspecified atom stereocenters. The van der Waals surface area contributed by atoms with Gasteiger partial charge in [-0.05, 0) is 44.2 Å². The van der Waals surface area contributed by atoms with Crippen molar-refractivity contribution >= 4 is 28.1 Å². The molecule has 0 aliphatic heterocycles. The number of carbonyl (C=O) groups excluding carboxylic acids is 1. The molecule has 2 aromatic carbocycles. The number of benzene rings is 2. The summed E-state index contributed by atoms with van der Waals surface area (Å²) in [4.78, 5) is 26.9. The normalized spacial score (nSPS) is 10.6. The van der Waals surface area contributed by atoms with Gasteiger partial charge < -0.3 is 9.47 Å². The van der Waals surface area contributed by atoms with Crippen molar-refractivity contribution in [2.75, 3.05) is 11.9 Å². The van der Waals surface area contributed by atoms with Gasteiger partial charge in [0.25, 0.3) is 5.91 Å². The van der Waals surface area contributed by atoms with Crippen LogP contribution < -0.4 is 14.8 Å². The van der Waals surface area contributed by atoms with Crippen LogP contribution in [-0.2, 0) is 4.79 Å². The summed E-state index contributed by atoms with van der Waals surface area (Å²) in [6.07, 6.45) is 0.0986. The number of anilines is 1. The van der Waals surface area contributed by atoms with Gasteiger partial charge in [-0.15, -0.1) is 11.3 Å². The molecule has 1 amide bonds. The second-order valence-electron chi connectivity index (χ2n) is 6.29. The lowest BCUT2D eigenvalue weighted by molar-refractivity contribution is -0.385.